The number of nitrogens with zero attached hydrogens (tertiary/aromatic N) is 3. The lowest BCUT2D eigenvalue weighted by Gasteiger charge is -2.28. The minimum absolute atomic E-state index is 0.388. The van der Waals surface area contributed by atoms with Crippen molar-refractivity contribution in [1.82, 2.24) is 9.80 Å². The van der Waals surface area contributed by atoms with Crippen molar-refractivity contribution in [2.24, 2.45) is 5.92 Å². The number of ether oxygens (including phenoxy) is 1. The standard InChI is InChI=1S/C16H27N3O3/c1-4-19(5-2)16(21)22-14(15(20)18(3)12-17)11-13-9-7-6-8-10-13/h13-14H,4-11H2,1-3H3/t14-/m0/s1. The zero-order valence-corrected chi connectivity index (χ0v) is 13.9. The molecule has 1 saturated carbocycles. The van der Waals surface area contributed by atoms with Gasteiger partial charge in [0.1, 0.15) is 0 Å². The summed E-state index contributed by atoms with van der Waals surface area (Å²) in [4.78, 5) is 26.9. The lowest BCUT2D eigenvalue weighted by molar-refractivity contribution is -0.137. The van der Waals surface area contributed by atoms with E-state index >= 15 is 0 Å². The largest absolute Gasteiger partial charge is 0.436 e. The first kappa shape index (κ1) is 18.3. The molecule has 0 aromatic heterocycles. The van der Waals surface area contributed by atoms with Crippen molar-refractivity contribution >= 4 is 12.0 Å². The van der Waals surface area contributed by atoms with E-state index in [2.05, 4.69) is 0 Å². The molecule has 0 heterocycles. The molecule has 0 bridgehead atoms. The quantitative estimate of drug-likeness (QED) is 0.558. The Morgan fingerprint density at radius 1 is 1.23 bits per heavy atom. The maximum Gasteiger partial charge on any atom is 0.410 e. The molecule has 6 nitrogen and oxygen atoms in total. The molecule has 22 heavy (non-hydrogen) atoms. The monoisotopic (exact) mass is 309 g/mol. The zero-order valence-electron chi connectivity index (χ0n) is 13.9. The average molecular weight is 309 g/mol. The fourth-order valence-corrected chi connectivity index (χ4v) is 2.87. The average Bonchev–Trinajstić information content (AvgIpc) is 2.54. The van der Waals surface area contributed by atoms with E-state index in [0.717, 1.165) is 30.6 Å². The van der Waals surface area contributed by atoms with Gasteiger partial charge in [0, 0.05) is 20.1 Å². The first-order valence-electron chi connectivity index (χ1n) is 8.16. The van der Waals surface area contributed by atoms with Crippen LogP contribution in [0.25, 0.3) is 0 Å². The normalized spacial score (nSPS) is 16.5. The smallest absolute Gasteiger partial charge is 0.410 e. The predicted molar refractivity (Wildman–Crippen MR) is 82.8 cm³/mol. The van der Waals surface area contributed by atoms with Crippen LogP contribution in [0.3, 0.4) is 0 Å². The molecule has 1 fully saturated rings. The summed E-state index contributed by atoms with van der Waals surface area (Å²) in [5.41, 5.74) is 0. The minimum Gasteiger partial charge on any atom is -0.436 e. The van der Waals surface area contributed by atoms with Crippen molar-refractivity contribution < 1.29 is 14.3 Å². The third-order valence-corrected chi connectivity index (χ3v) is 4.29. The van der Waals surface area contributed by atoms with E-state index in [1.807, 2.05) is 13.8 Å². The zero-order chi connectivity index (χ0) is 16.5. The molecule has 124 valence electrons. The van der Waals surface area contributed by atoms with Crippen molar-refractivity contribution in [1.29, 1.82) is 5.26 Å². The fourth-order valence-electron chi connectivity index (χ4n) is 2.87. The van der Waals surface area contributed by atoms with Crippen molar-refractivity contribution in [3.8, 4) is 6.19 Å². The van der Waals surface area contributed by atoms with Gasteiger partial charge in [-0.15, -0.1) is 0 Å². The summed E-state index contributed by atoms with van der Waals surface area (Å²) < 4.78 is 5.43. The maximum absolute atomic E-state index is 12.3. The summed E-state index contributed by atoms with van der Waals surface area (Å²) in [6, 6.07) is 0. The summed E-state index contributed by atoms with van der Waals surface area (Å²) >= 11 is 0. The second-order valence-corrected chi connectivity index (χ2v) is 5.78. The van der Waals surface area contributed by atoms with Crippen LogP contribution in [0.2, 0.25) is 0 Å². The molecule has 0 saturated heterocycles. The van der Waals surface area contributed by atoms with Gasteiger partial charge in [0.25, 0.3) is 5.91 Å². The molecule has 0 radical (unpaired) electrons. The first-order valence-corrected chi connectivity index (χ1v) is 8.16. The van der Waals surface area contributed by atoms with E-state index in [-0.39, 0.29) is 0 Å². The lowest BCUT2D eigenvalue weighted by Crippen LogP contribution is -2.42. The predicted octanol–water partition coefficient (Wildman–Crippen LogP) is 2.74. The summed E-state index contributed by atoms with van der Waals surface area (Å²) in [6.07, 6.45) is 6.62. The molecule has 2 amide bonds. The Hall–Kier alpha value is -1.77. The van der Waals surface area contributed by atoms with Gasteiger partial charge in [-0.25, -0.2) is 9.69 Å². The second kappa shape index (κ2) is 9.29. The molecular weight excluding hydrogens is 282 g/mol. The highest BCUT2D eigenvalue weighted by molar-refractivity contribution is 5.84. The molecular formula is C16H27N3O3. The van der Waals surface area contributed by atoms with Crippen LogP contribution in [-0.4, -0.2) is 48.0 Å². The van der Waals surface area contributed by atoms with Crippen LogP contribution >= 0.6 is 0 Å². The van der Waals surface area contributed by atoms with Gasteiger partial charge in [0.05, 0.1) is 0 Å². The van der Waals surface area contributed by atoms with Crippen molar-refractivity contribution in [2.45, 2.75) is 58.5 Å². The number of amides is 2. The van der Waals surface area contributed by atoms with E-state index in [9.17, 15) is 9.59 Å². The molecule has 0 aliphatic heterocycles. The number of nitriles is 1. The van der Waals surface area contributed by atoms with Crippen LogP contribution < -0.4 is 0 Å². The highest BCUT2D eigenvalue weighted by atomic mass is 16.6. The maximum atomic E-state index is 12.3. The Morgan fingerprint density at radius 3 is 2.32 bits per heavy atom. The van der Waals surface area contributed by atoms with Gasteiger partial charge in [0.2, 0.25) is 0 Å². The summed E-state index contributed by atoms with van der Waals surface area (Å²) in [6.45, 7) is 4.80. The van der Waals surface area contributed by atoms with Gasteiger partial charge in [-0.1, -0.05) is 32.1 Å². The topological polar surface area (TPSA) is 73.6 Å². The Balaban J connectivity index is 2.74. The van der Waals surface area contributed by atoms with E-state index in [1.54, 1.807) is 6.19 Å². The van der Waals surface area contributed by atoms with Crippen LogP contribution in [-0.2, 0) is 9.53 Å². The molecule has 1 atom stereocenters. The van der Waals surface area contributed by atoms with E-state index in [1.165, 1.54) is 18.4 Å². The number of likely N-dealkylation sites (N-methyl/N-ethyl adjacent to an activating group) is 1. The molecule has 1 aliphatic carbocycles. The van der Waals surface area contributed by atoms with E-state index in [0.29, 0.717) is 25.4 Å². The van der Waals surface area contributed by atoms with E-state index in [4.69, 9.17) is 10.00 Å². The highest BCUT2D eigenvalue weighted by Gasteiger charge is 2.31. The molecule has 6 heteroatoms. The van der Waals surface area contributed by atoms with Crippen molar-refractivity contribution in [3.63, 3.8) is 0 Å². The number of carbonyl (C=O) groups is 2. The Morgan fingerprint density at radius 2 is 1.82 bits per heavy atom. The molecule has 1 rings (SSSR count). The van der Waals surface area contributed by atoms with Gasteiger partial charge in [-0.3, -0.25) is 4.79 Å². The second-order valence-electron chi connectivity index (χ2n) is 5.78. The van der Waals surface area contributed by atoms with Crippen LogP contribution in [0.15, 0.2) is 0 Å². The molecule has 0 spiro atoms. The molecule has 0 unspecified atom stereocenters. The van der Waals surface area contributed by atoms with Gasteiger partial charge in [-0.2, -0.15) is 5.26 Å². The van der Waals surface area contributed by atoms with E-state index < -0.39 is 18.1 Å². The van der Waals surface area contributed by atoms with Gasteiger partial charge in [-0.05, 0) is 26.2 Å². The number of carbonyl (C=O) groups excluding carboxylic acids is 2. The summed E-state index contributed by atoms with van der Waals surface area (Å²) in [7, 11) is 1.40. The number of rotatable bonds is 6. The Kier molecular flexibility index (Phi) is 7.72. The van der Waals surface area contributed by atoms with Crippen LogP contribution in [0, 0.1) is 17.4 Å². The summed E-state index contributed by atoms with van der Waals surface area (Å²) in [5, 5.41) is 8.90. The van der Waals surface area contributed by atoms with Gasteiger partial charge in [0.15, 0.2) is 12.3 Å². The molecule has 0 aromatic carbocycles. The number of hydrogen-bond acceptors (Lipinski definition) is 4. The highest BCUT2D eigenvalue weighted by Crippen LogP contribution is 2.28. The van der Waals surface area contributed by atoms with Crippen molar-refractivity contribution in [2.75, 3.05) is 20.1 Å². The Bertz CT molecular complexity index is 409. The van der Waals surface area contributed by atoms with Gasteiger partial charge >= 0.3 is 6.09 Å². The van der Waals surface area contributed by atoms with Crippen LogP contribution in [0.5, 0.6) is 0 Å². The first-order chi connectivity index (χ1) is 10.5. The number of hydrogen-bond donors (Lipinski definition) is 0. The van der Waals surface area contributed by atoms with Crippen molar-refractivity contribution in [3.05, 3.63) is 0 Å². The summed E-state index contributed by atoms with van der Waals surface area (Å²) in [5.74, 6) is -0.0483. The lowest BCUT2D eigenvalue weighted by atomic mass is 9.85. The molecule has 1 aliphatic rings. The third kappa shape index (κ3) is 5.21. The van der Waals surface area contributed by atoms with Gasteiger partial charge < -0.3 is 9.64 Å². The fraction of sp³-hybridized carbons (Fsp3) is 0.812. The van der Waals surface area contributed by atoms with Crippen LogP contribution in [0.4, 0.5) is 4.79 Å². The third-order valence-electron chi connectivity index (χ3n) is 4.29. The molecule has 0 N–H and O–H groups in total. The minimum atomic E-state index is -0.860. The van der Waals surface area contributed by atoms with Crippen LogP contribution in [0.1, 0.15) is 52.4 Å². The SMILES string of the molecule is CCN(CC)C(=O)O[C@@H](CC1CCCCC1)C(=O)N(C)C#N. The Labute approximate surface area is 133 Å². The molecule has 0 aromatic rings.